The van der Waals surface area contributed by atoms with Crippen LogP contribution in [0.1, 0.15) is 21.9 Å². The van der Waals surface area contributed by atoms with E-state index in [4.69, 9.17) is 0 Å². The fraction of sp³-hybridized carbons (Fsp3) is 0.105. The van der Waals surface area contributed by atoms with Crippen molar-refractivity contribution in [1.29, 1.82) is 0 Å². The Labute approximate surface area is 171 Å². The highest BCUT2D eigenvalue weighted by atomic mass is 79.9. The number of nitrogens with zero attached hydrogens (tertiary/aromatic N) is 2. The van der Waals surface area contributed by atoms with E-state index < -0.39 is 10.0 Å². The van der Waals surface area contributed by atoms with Crippen molar-refractivity contribution in [3.63, 3.8) is 0 Å². The van der Waals surface area contributed by atoms with Gasteiger partial charge in [0.25, 0.3) is 15.9 Å². The molecule has 2 N–H and O–H groups in total. The lowest BCUT2D eigenvalue weighted by atomic mass is 10.2. The minimum atomic E-state index is -3.81. The molecule has 7 nitrogen and oxygen atoms in total. The van der Waals surface area contributed by atoms with E-state index in [0.717, 1.165) is 4.47 Å². The number of aromatic nitrogens is 2. The van der Waals surface area contributed by atoms with Crippen LogP contribution in [0.15, 0.2) is 64.0 Å². The number of halogens is 1. The quantitative estimate of drug-likeness (QED) is 0.600. The van der Waals surface area contributed by atoms with Crippen molar-refractivity contribution < 1.29 is 13.2 Å². The Balaban J connectivity index is 1.73. The van der Waals surface area contributed by atoms with Crippen LogP contribution >= 0.6 is 15.9 Å². The molecule has 0 spiro atoms. The summed E-state index contributed by atoms with van der Waals surface area (Å²) in [6.45, 7) is 3.45. The molecule has 0 saturated carbocycles. The number of benzene rings is 2. The standard InChI is InChI=1S/C19H17BrN4O3S/c1-12-11-18(22-13(2)21-12)24-28(26,27)17-9-7-16(8-10-17)23-19(25)14-3-5-15(20)6-4-14/h3-11H,1-2H3,(H,23,25)(H,21,22,24). The normalized spacial score (nSPS) is 11.1. The molecule has 28 heavy (non-hydrogen) atoms. The number of nitrogens with one attached hydrogen (secondary N) is 2. The summed E-state index contributed by atoms with van der Waals surface area (Å²) in [4.78, 5) is 20.5. The predicted molar refractivity (Wildman–Crippen MR) is 111 cm³/mol. The van der Waals surface area contributed by atoms with Crippen molar-refractivity contribution in [3.05, 3.63) is 76.2 Å². The number of hydrogen-bond donors (Lipinski definition) is 2. The second-order valence-electron chi connectivity index (χ2n) is 6.03. The summed E-state index contributed by atoms with van der Waals surface area (Å²) >= 11 is 3.32. The summed E-state index contributed by atoms with van der Waals surface area (Å²) in [5, 5.41) is 2.73. The van der Waals surface area contributed by atoms with Crippen LogP contribution in [0.5, 0.6) is 0 Å². The van der Waals surface area contributed by atoms with Crippen LogP contribution in [-0.2, 0) is 10.0 Å². The minimum Gasteiger partial charge on any atom is -0.322 e. The molecule has 3 aromatic rings. The van der Waals surface area contributed by atoms with Crippen LogP contribution in [0.4, 0.5) is 11.5 Å². The van der Waals surface area contributed by atoms with E-state index in [1.807, 2.05) is 0 Å². The topological polar surface area (TPSA) is 101 Å². The Morgan fingerprint density at radius 1 is 0.964 bits per heavy atom. The van der Waals surface area contributed by atoms with Crippen molar-refractivity contribution >= 4 is 43.4 Å². The maximum Gasteiger partial charge on any atom is 0.263 e. The Kier molecular flexibility index (Phi) is 5.76. The lowest BCUT2D eigenvalue weighted by Crippen LogP contribution is -2.15. The van der Waals surface area contributed by atoms with E-state index in [9.17, 15) is 13.2 Å². The van der Waals surface area contributed by atoms with Crippen LogP contribution in [-0.4, -0.2) is 24.3 Å². The van der Waals surface area contributed by atoms with Gasteiger partial charge in [0.15, 0.2) is 0 Å². The zero-order valence-electron chi connectivity index (χ0n) is 15.1. The number of anilines is 2. The number of sulfonamides is 1. The summed E-state index contributed by atoms with van der Waals surface area (Å²) < 4.78 is 28.4. The number of carbonyl (C=O) groups is 1. The van der Waals surface area contributed by atoms with Crippen molar-refractivity contribution in [3.8, 4) is 0 Å². The van der Waals surface area contributed by atoms with Crippen molar-refractivity contribution in [1.82, 2.24) is 9.97 Å². The van der Waals surface area contributed by atoms with Gasteiger partial charge < -0.3 is 5.32 Å². The Morgan fingerprint density at radius 3 is 2.21 bits per heavy atom. The van der Waals surface area contributed by atoms with Gasteiger partial charge in [0.2, 0.25) is 0 Å². The summed E-state index contributed by atoms with van der Waals surface area (Å²) in [6.07, 6.45) is 0. The first-order chi connectivity index (χ1) is 13.2. The first kappa shape index (κ1) is 20.0. The largest absolute Gasteiger partial charge is 0.322 e. The van der Waals surface area contributed by atoms with Gasteiger partial charge in [-0.25, -0.2) is 18.4 Å². The zero-order valence-corrected chi connectivity index (χ0v) is 17.5. The van der Waals surface area contributed by atoms with Gasteiger partial charge >= 0.3 is 0 Å². The Morgan fingerprint density at radius 2 is 1.61 bits per heavy atom. The Bertz CT molecular complexity index is 1090. The van der Waals surface area contributed by atoms with Gasteiger partial charge in [-0.1, -0.05) is 15.9 Å². The molecule has 0 fully saturated rings. The molecule has 0 aliphatic rings. The third-order valence-corrected chi connectivity index (χ3v) is 5.63. The molecule has 3 rings (SSSR count). The first-order valence-corrected chi connectivity index (χ1v) is 10.5. The summed E-state index contributed by atoms with van der Waals surface area (Å²) in [5.74, 6) is 0.398. The van der Waals surface area contributed by atoms with E-state index >= 15 is 0 Å². The average Bonchev–Trinajstić information content (AvgIpc) is 2.61. The van der Waals surface area contributed by atoms with Gasteiger partial charge in [0, 0.05) is 27.5 Å². The monoisotopic (exact) mass is 460 g/mol. The van der Waals surface area contributed by atoms with Gasteiger partial charge in [0.05, 0.1) is 4.90 Å². The molecule has 0 aliphatic carbocycles. The number of carbonyl (C=O) groups excluding carboxylic acids is 1. The highest BCUT2D eigenvalue weighted by Gasteiger charge is 2.16. The molecule has 144 valence electrons. The molecule has 0 radical (unpaired) electrons. The first-order valence-electron chi connectivity index (χ1n) is 8.25. The third kappa shape index (κ3) is 4.93. The van der Waals surface area contributed by atoms with Gasteiger partial charge in [-0.2, -0.15) is 0 Å². The second-order valence-corrected chi connectivity index (χ2v) is 8.63. The molecule has 1 heterocycles. The molecular weight excluding hydrogens is 444 g/mol. The minimum absolute atomic E-state index is 0.0584. The number of hydrogen-bond acceptors (Lipinski definition) is 5. The van der Waals surface area contributed by atoms with E-state index in [1.54, 1.807) is 44.2 Å². The third-order valence-electron chi connectivity index (χ3n) is 3.73. The van der Waals surface area contributed by atoms with Gasteiger partial charge in [-0.05, 0) is 62.4 Å². The van der Waals surface area contributed by atoms with Gasteiger partial charge in [-0.3, -0.25) is 9.52 Å². The molecule has 1 amide bonds. The van der Waals surface area contributed by atoms with E-state index in [2.05, 4.69) is 35.9 Å². The van der Waals surface area contributed by atoms with Crippen LogP contribution in [0.2, 0.25) is 0 Å². The molecule has 2 aromatic carbocycles. The second kappa shape index (κ2) is 8.07. The maximum absolute atomic E-state index is 12.5. The average molecular weight is 461 g/mol. The van der Waals surface area contributed by atoms with Crippen LogP contribution in [0.3, 0.4) is 0 Å². The number of amides is 1. The number of aryl methyl sites for hydroxylation is 2. The van der Waals surface area contributed by atoms with Crippen LogP contribution in [0, 0.1) is 13.8 Å². The lowest BCUT2D eigenvalue weighted by Gasteiger charge is -2.10. The van der Waals surface area contributed by atoms with E-state index in [1.165, 1.54) is 24.3 Å². The SMILES string of the molecule is Cc1cc(NS(=O)(=O)c2ccc(NC(=O)c3ccc(Br)cc3)cc2)nc(C)n1. The highest BCUT2D eigenvalue weighted by Crippen LogP contribution is 2.19. The molecular formula is C19H17BrN4O3S. The summed E-state index contributed by atoms with van der Waals surface area (Å²) in [7, 11) is -3.81. The smallest absolute Gasteiger partial charge is 0.263 e. The molecule has 9 heteroatoms. The van der Waals surface area contributed by atoms with Crippen molar-refractivity contribution in [2.24, 2.45) is 0 Å². The van der Waals surface area contributed by atoms with Crippen molar-refractivity contribution in [2.45, 2.75) is 18.7 Å². The summed E-state index contributed by atoms with van der Waals surface area (Å²) in [5.41, 5.74) is 1.65. The van der Waals surface area contributed by atoms with Crippen molar-refractivity contribution in [2.75, 3.05) is 10.0 Å². The number of rotatable bonds is 5. The fourth-order valence-corrected chi connectivity index (χ4v) is 3.74. The van der Waals surface area contributed by atoms with E-state index in [0.29, 0.717) is 22.8 Å². The fourth-order valence-electron chi connectivity index (χ4n) is 2.49. The Hall–Kier alpha value is -2.78. The van der Waals surface area contributed by atoms with Crippen LogP contribution in [0.25, 0.3) is 0 Å². The molecule has 0 bridgehead atoms. The van der Waals surface area contributed by atoms with Gasteiger partial charge in [-0.15, -0.1) is 0 Å². The zero-order chi connectivity index (χ0) is 20.3. The lowest BCUT2D eigenvalue weighted by molar-refractivity contribution is 0.102. The van der Waals surface area contributed by atoms with E-state index in [-0.39, 0.29) is 16.6 Å². The van der Waals surface area contributed by atoms with Gasteiger partial charge in [0.1, 0.15) is 11.6 Å². The summed E-state index contributed by atoms with van der Waals surface area (Å²) in [6, 6.07) is 14.4. The molecule has 0 saturated heterocycles. The maximum atomic E-state index is 12.5. The predicted octanol–water partition coefficient (Wildman–Crippen LogP) is 3.91. The molecule has 0 unspecified atom stereocenters. The molecule has 0 aliphatic heterocycles. The molecule has 0 atom stereocenters. The molecule has 1 aromatic heterocycles. The highest BCUT2D eigenvalue weighted by molar-refractivity contribution is 9.10. The van der Waals surface area contributed by atoms with Crippen LogP contribution < -0.4 is 10.0 Å².